The minimum atomic E-state index is -4.39. The summed E-state index contributed by atoms with van der Waals surface area (Å²) in [4.78, 5) is 14.2. The molecule has 1 unspecified atom stereocenters. The van der Waals surface area contributed by atoms with Gasteiger partial charge in [-0.1, -0.05) is 18.2 Å². The molecule has 1 atom stereocenters. The number of amides is 1. The molecule has 1 N–H and O–H groups in total. The third-order valence-electron chi connectivity index (χ3n) is 5.03. The lowest BCUT2D eigenvalue weighted by Gasteiger charge is -2.37. The molecule has 128 valence electrons. The zero-order chi connectivity index (χ0) is 16.0. The number of nitrogens with zero attached hydrogens (tertiary/aromatic N) is 1. The van der Waals surface area contributed by atoms with Crippen molar-refractivity contribution in [2.75, 3.05) is 26.7 Å². The molecule has 1 aromatic rings. The Morgan fingerprint density at radius 2 is 1.83 bits per heavy atom. The molecule has 0 saturated carbocycles. The van der Waals surface area contributed by atoms with Gasteiger partial charge >= 0.3 is 6.18 Å². The van der Waals surface area contributed by atoms with E-state index in [1.165, 1.54) is 12.1 Å². The number of nitrogens with one attached hydrogen (secondary N) is 1. The van der Waals surface area contributed by atoms with Crippen molar-refractivity contribution < 1.29 is 18.0 Å². The molecule has 2 saturated heterocycles. The van der Waals surface area contributed by atoms with Crippen LogP contribution in [0.4, 0.5) is 13.2 Å². The standard InChI is InChI=1S/C16H19F3N2O.ClH/c1-21-10-13(15(14(21)22)6-8-20-9-7-15)11-4-2-3-5-12(11)16(17,18)19;/h2-5,13,20H,6-10H2,1H3;1H. The average molecular weight is 349 g/mol. The third-order valence-corrected chi connectivity index (χ3v) is 5.03. The number of carbonyl (C=O) groups is 1. The van der Waals surface area contributed by atoms with Crippen molar-refractivity contribution in [1.82, 2.24) is 10.2 Å². The van der Waals surface area contributed by atoms with Crippen molar-refractivity contribution in [2.24, 2.45) is 5.41 Å². The van der Waals surface area contributed by atoms with Crippen LogP contribution in [0.25, 0.3) is 0 Å². The highest BCUT2D eigenvalue weighted by molar-refractivity contribution is 5.86. The van der Waals surface area contributed by atoms with Gasteiger partial charge in [-0.2, -0.15) is 13.2 Å². The number of hydrogen-bond acceptors (Lipinski definition) is 2. The number of hydrogen-bond donors (Lipinski definition) is 1. The lowest BCUT2D eigenvalue weighted by atomic mass is 9.67. The SMILES string of the molecule is CN1CC(c2ccccc2C(F)(F)F)C2(CCNCC2)C1=O.Cl. The zero-order valence-electron chi connectivity index (χ0n) is 12.8. The van der Waals surface area contributed by atoms with Crippen molar-refractivity contribution in [2.45, 2.75) is 24.9 Å². The summed E-state index contributed by atoms with van der Waals surface area (Å²) in [6.07, 6.45) is -3.21. The van der Waals surface area contributed by atoms with Crippen LogP contribution in [-0.2, 0) is 11.0 Å². The second kappa shape index (κ2) is 6.32. The third kappa shape index (κ3) is 2.94. The number of halogens is 4. The minimum Gasteiger partial charge on any atom is -0.345 e. The van der Waals surface area contributed by atoms with Crippen LogP contribution in [0.3, 0.4) is 0 Å². The van der Waals surface area contributed by atoms with Crippen LogP contribution in [0.1, 0.15) is 29.9 Å². The first-order valence-corrected chi connectivity index (χ1v) is 7.49. The number of likely N-dealkylation sites (N-methyl/N-ethyl adjacent to an activating group) is 1. The van der Waals surface area contributed by atoms with E-state index in [1.54, 1.807) is 18.0 Å². The lowest BCUT2D eigenvalue weighted by Crippen LogP contribution is -2.44. The molecule has 2 fully saturated rings. The van der Waals surface area contributed by atoms with E-state index >= 15 is 0 Å². The maximum absolute atomic E-state index is 13.3. The first-order chi connectivity index (χ1) is 10.4. The van der Waals surface area contributed by atoms with Gasteiger partial charge in [-0.25, -0.2) is 0 Å². The summed E-state index contributed by atoms with van der Waals surface area (Å²) in [5.41, 5.74) is -1.04. The summed E-state index contributed by atoms with van der Waals surface area (Å²) >= 11 is 0. The van der Waals surface area contributed by atoms with Crippen LogP contribution in [0.5, 0.6) is 0 Å². The van der Waals surface area contributed by atoms with Gasteiger partial charge < -0.3 is 10.2 Å². The Hall–Kier alpha value is -1.27. The number of likely N-dealkylation sites (tertiary alicyclic amines) is 1. The molecule has 0 radical (unpaired) electrons. The summed E-state index contributed by atoms with van der Waals surface area (Å²) in [6.45, 7) is 1.69. The predicted octanol–water partition coefficient (Wildman–Crippen LogP) is 3.05. The van der Waals surface area contributed by atoms with Gasteiger partial charge in [-0.05, 0) is 37.6 Å². The Bertz CT molecular complexity index is 585. The normalized spacial score (nSPS) is 23.9. The number of carbonyl (C=O) groups excluding carboxylic acids is 1. The number of rotatable bonds is 1. The fourth-order valence-electron chi connectivity index (χ4n) is 3.95. The van der Waals surface area contributed by atoms with Crippen molar-refractivity contribution in [3.05, 3.63) is 35.4 Å². The highest BCUT2D eigenvalue weighted by Crippen LogP contribution is 2.51. The molecule has 3 rings (SSSR count). The van der Waals surface area contributed by atoms with Crippen molar-refractivity contribution in [3.8, 4) is 0 Å². The molecule has 2 aliphatic heterocycles. The molecule has 0 bridgehead atoms. The molecule has 1 aromatic carbocycles. The van der Waals surface area contributed by atoms with Crippen molar-refractivity contribution >= 4 is 18.3 Å². The zero-order valence-corrected chi connectivity index (χ0v) is 13.6. The van der Waals surface area contributed by atoms with E-state index in [4.69, 9.17) is 0 Å². The molecule has 2 heterocycles. The molecule has 1 spiro atoms. The molecule has 7 heteroatoms. The van der Waals surface area contributed by atoms with E-state index < -0.39 is 23.1 Å². The van der Waals surface area contributed by atoms with E-state index in [0.29, 0.717) is 32.5 Å². The van der Waals surface area contributed by atoms with Crippen LogP contribution >= 0.6 is 12.4 Å². The second-order valence-electron chi connectivity index (χ2n) is 6.23. The lowest BCUT2D eigenvalue weighted by molar-refractivity contribution is -0.140. The molecule has 3 nitrogen and oxygen atoms in total. The van der Waals surface area contributed by atoms with Crippen molar-refractivity contribution in [1.29, 1.82) is 0 Å². The van der Waals surface area contributed by atoms with Crippen molar-refractivity contribution in [3.63, 3.8) is 0 Å². The van der Waals surface area contributed by atoms with E-state index in [9.17, 15) is 18.0 Å². The average Bonchev–Trinajstić information content (AvgIpc) is 2.73. The number of benzene rings is 1. The smallest absolute Gasteiger partial charge is 0.345 e. The summed E-state index contributed by atoms with van der Waals surface area (Å²) < 4.78 is 40.0. The van der Waals surface area contributed by atoms with E-state index in [-0.39, 0.29) is 23.9 Å². The van der Waals surface area contributed by atoms with Gasteiger partial charge in [0.2, 0.25) is 5.91 Å². The van der Waals surface area contributed by atoms with Gasteiger partial charge in [0.15, 0.2) is 0 Å². The predicted molar refractivity (Wildman–Crippen MR) is 83.6 cm³/mol. The van der Waals surface area contributed by atoms with E-state index in [0.717, 1.165) is 6.07 Å². The minimum absolute atomic E-state index is 0. The quantitative estimate of drug-likeness (QED) is 0.846. The van der Waals surface area contributed by atoms with Gasteiger partial charge in [0.25, 0.3) is 0 Å². The van der Waals surface area contributed by atoms with E-state index in [2.05, 4.69) is 5.32 Å². The topological polar surface area (TPSA) is 32.3 Å². The highest BCUT2D eigenvalue weighted by atomic mass is 35.5. The van der Waals surface area contributed by atoms with Crippen LogP contribution in [0.15, 0.2) is 24.3 Å². The van der Waals surface area contributed by atoms with E-state index in [1.807, 2.05) is 0 Å². The first kappa shape index (κ1) is 18.1. The Labute approximate surface area is 139 Å². The first-order valence-electron chi connectivity index (χ1n) is 7.49. The van der Waals surface area contributed by atoms with Gasteiger partial charge in [0.05, 0.1) is 11.0 Å². The number of alkyl halides is 3. The molecule has 2 aliphatic rings. The summed E-state index contributed by atoms with van der Waals surface area (Å²) in [5.74, 6) is -0.416. The monoisotopic (exact) mass is 348 g/mol. The maximum Gasteiger partial charge on any atom is 0.416 e. The Kier molecular flexibility index (Phi) is 4.97. The molecule has 0 aliphatic carbocycles. The van der Waals surface area contributed by atoms with Crippen LogP contribution in [0, 0.1) is 5.41 Å². The maximum atomic E-state index is 13.3. The van der Waals surface area contributed by atoms with Gasteiger partial charge in [0, 0.05) is 19.5 Å². The van der Waals surface area contributed by atoms with Crippen LogP contribution in [0.2, 0.25) is 0 Å². The summed E-state index contributed by atoms with van der Waals surface area (Å²) in [7, 11) is 1.68. The van der Waals surface area contributed by atoms with Gasteiger partial charge in [0.1, 0.15) is 0 Å². The summed E-state index contributed by atoms with van der Waals surface area (Å²) in [6, 6.07) is 5.68. The summed E-state index contributed by atoms with van der Waals surface area (Å²) in [5, 5.41) is 3.20. The molecular weight excluding hydrogens is 329 g/mol. The van der Waals surface area contributed by atoms with Gasteiger partial charge in [-0.15, -0.1) is 12.4 Å². The largest absolute Gasteiger partial charge is 0.416 e. The Morgan fingerprint density at radius 1 is 1.22 bits per heavy atom. The van der Waals surface area contributed by atoms with Crippen LogP contribution in [-0.4, -0.2) is 37.5 Å². The molecule has 23 heavy (non-hydrogen) atoms. The number of piperidine rings is 1. The van der Waals surface area contributed by atoms with Gasteiger partial charge in [-0.3, -0.25) is 4.79 Å². The fraction of sp³-hybridized carbons (Fsp3) is 0.562. The molecule has 1 amide bonds. The molecular formula is C16H20ClF3N2O. The Balaban J connectivity index is 0.00000192. The fourth-order valence-corrected chi connectivity index (χ4v) is 3.95. The molecule has 0 aromatic heterocycles. The highest BCUT2D eigenvalue weighted by Gasteiger charge is 2.54. The van der Waals surface area contributed by atoms with Crippen LogP contribution < -0.4 is 5.32 Å². The Morgan fingerprint density at radius 3 is 2.43 bits per heavy atom. The second-order valence-corrected chi connectivity index (χ2v) is 6.23.